The number of hydrogen-bond donors (Lipinski definition) is 1. The summed E-state index contributed by atoms with van der Waals surface area (Å²) in [6.45, 7) is 3.35. The molecule has 0 amide bonds. The first-order chi connectivity index (χ1) is 9.71. The van der Waals surface area contributed by atoms with Gasteiger partial charge in [-0.05, 0) is 24.8 Å². The molecule has 1 aromatic rings. The third kappa shape index (κ3) is 4.02. The van der Waals surface area contributed by atoms with Crippen LogP contribution < -0.4 is 0 Å². The van der Waals surface area contributed by atoms with E-state index in [-0.39, 0.29) is 29.3 Å². The van der Waals surface area contributed by atoms with Crippen molar-refractivity contribution in [1.29, 1.82) is 0 Å². The lowest BCUT2D eigenvalue weighted by atomic mass is 10.3. The predicted octanol–water partition coefficient (Wildman–Crippen LogP) is 1.33. The SMILES string of the molecule is CCOC(=O)CCN(C)S(=O)(=O)c1c(C)csc1C(=O)O. The molecule has 0 saturated heterocycles. The van der Waals surface area contributed by atoms with Crippen LogP contribution in [0.4, 0.5) is 0 Å². The Balaban J connectivity index is 2.98. The molecule has 9 heteroatoms. The van der Waals surface area contributed by atoms with Crippen molar-refractivity contribution in [2.75, 3.05) is 20.2 Å². The molecule has 7 nitrogen and oxygen atoms in total. The first-order valence-electron chi connectivity index (χ1n) is 6.15. The van der Waals surface area contributed by atoms with Gasteiger partial charge < -0.3 is 9.84 Å². The molecule has 1 aromatic heterocycles. The molecule has 21 heavy (non-hydrogen) atoms. The molecule has 0 aliphatic rings. The molecular weight excluding hydrogens is 318 g/mol. The van der Waals surface area contributed by atoms with Crippen LogP contribution in [0.1, 0.15) is 28.6 Å². The van der Waals surface area contributed by atoms with E-state index in [2.05, 4.69) is 0 Å². The summed E-state index contributed by atoms with van der Waals surface area (Å²) >= 11 is 0.864. The normalized spacial score (nSPS) is 11.6. The Morgan fingerprint density at radius 1 is 1.43 bits per heavy atom. The highest BCUT2D eigenvalue weighted by Gasteiger charge is 2.30. The van der Waals surface area contributed by atoms with Crippen LogP contribution in [0.25, 0.3) is 0 Å². The van der Waals surface area contributed by atoms with E-state index in [1.807, 2.05) is 0 Å². The number of aromatic carboxylic acids is 1. The Hall–Kier alpha value is -1.45. The largest absolute Gasteiger partial charge is 0.477 e. The molecule has 0 aliphatic heterocycles. The van der Waals surface area contributed by atoms with E-state index in [1.54, 1.807) is 6.92 Å². The highest BCUT2D eigenvalue weighted by atomic mass is 32.2. The fourth-order valence-electron chi connectivity index (χ4n) is 1.66. The summed E-state index contributed by atoms with van der Waals surface area (Å²) in [5.74, 6) is -1.79. The lowest BCUT2D eigenvalue weighted by Gasteiger charge is -2.17. The van der Waals surface area contributed by atoms with Gasteiger partial charge in [0, 0.05) is 13.6 Å². The number of thiophene rings is 1. The number of esters is 1. The number of carbonyl (C=O) groups excluding carboxylic acids is 1. The minimum absolute atomic E-state index is 0.0739. The predicted molar refractivity (Wildman–Crippen MR) is 77.1 cm³/mol. The van der Waals surface area contributed by atoms with Crippen molar-refractivity contribution in [3.63, 3.8) is 0 Å². The number of carboxylic acid groups (broad SMARTS) is 1. The van der Waals surface area contributed by atoms with E-state index >= 15 is 0 Å². The van der Waals surface area contributed by atoms with Crippen molar-refractivity contribution in [3.05, 3.63) is 15.8 Å². The summed E-state index contributed by atoms with van der Waals surface area (Å²) in [5, 5.41) is 10.5. The molecule has 0 radical (unpaired) electrons. The molecule has 0 fully saturated rings. The first-order valence-corrected chi connectivity index (χ1v) is 8.47. The fourth-order valence-corrected chi connectivity index (χ4v) is 4.41. The van der Waals surface area contributed by atoms with Gasteiger partial charge >= 0.3 is 11.9 Å². The van der Waals surface area contributed by atoms with Crippen LogP contribution in [0.2, 0.25) is 0 Å². The number of aryl methyl sites for hydroxylation is 1. The smallest absolute Gasteiger partial charge is 0.347 e. The van der Waals surface area contributed by atoms with E-state index in [4.69, 9.17) is 9.84 Å². The van der Waals surface area contributed by atoms with Gasteiger partial charge in [0.1, 0.15) is 9.77 Å². The summed E-state index contributed by atoms with van der Waals surface area (Å²) in [5.41, 5.74) is 0.375. The van der Waals surface area contributed by atoms with E-state index in [0.717, 1.165) is 15.6 Å². The molecule has 1 rings (SSSR count). The first kappa shape index (κ1) is 17.6. The van der Waals surface area contributed by atoms with Gasteiger partial charge in [-0.1, -0.05) is 0 Å². The summed E-state index contributed by atoms with van der Waals surface area (Å²) in [6.07, 6.45) is -0.0881. The Kier molecular flexibility index (Phi) is 5.87. The van der Waals surface area contributed by atoms with Crippen molar-refractivity contribution >= 4 is 33.3 Å². The number of hydrogen-bond acceptors (Lipinski definition) is 6. The fraction of sp³-hybridized carbons (Fsp3) is 0.500. The quantitative estimate of drug-likeness (QED) is 0.754. The summed E-state index contributed by atoms with van der Waals surface area (Å²) in [7, 11) is -2.65. The van der Waals surface area contributed by atoms with Gasteiger partial charge in [0.15, 0.2) is 0 Å². The maximum atomic E-state index is 12.4. The van der Waals surface area contributed by atoms with Crippen LogP contribution in [0.5, 0.6) is 0 Å². The highest BCUT2D eigenvalue weighted by molar-refractivity contribution is 7.89. The Morgan fingerprint density at radius 3 is 2.57 bits per heavy atom. The molecule has 1 N–H and O–H groups in total. The van der Waals surface area contributed by atoms with Gasteiger partial charge in [0.05, 0.1) is 13.0 Å². The molecule has 0 saturated carbocycles. The van der Waals surface area contributed by atoms with Crippen LogP contribution >= 0.6 is 11.3 Å². The lowest BCUT2D eigenvalue weighted by Crippen LogP contribution is -2.30. The van der Waals surface area contributed by atoms with Gasteiger partial charge in [-0.15, -0.1) is 11.3 Å². The van der Waals surface area contributed by atoms with E-state index < -0.39 is 22.0 Å². The zero-order valence-electron chi connectivity index (χ0n) is 12.0. The number of rotatable bonds is 7. The third-order valence-corrected chi connectivity index (χ3v) is 5.98. The Labute approximate surface area is 127 Å². The molecule has 0 aliphatic carbocycles. The van der Waals surface area contributed by atoms with Crippen molar-refractivity contribution in [3.8, 4) is 0 Å². The van der Waals surface area contributed by atoms with Crippen molar-refractivity contribution in [2.24, 2.45) is 0 Å². The average Bonchev–Trinajstić information content (AvgIpc) is 2.79. The molecular formula is C12H17NO6S2. The summed E-state index contributed by atoms with van der Waals surface area (Å²) < 4.78 is 30.5. The van der Waals surface area contributed by atoms with Gasteiger partial charge in [0.2, 0.25) is 10.0 Å². The molecule has 0 atom stereocenters. The second-order valence-electron chi connectivity index (χ2n) is 4.26. The van der Waals surface area contributed by atoms with Gasteiger partial charge in [-0.3, -0.25) is 4.79 Å². The second kappa shape index (κ2) is 7.01. The van der Waals surface area contributed by atoms with Crippen LogP contribution in [-0.4, -0.2) is 50.0 Å². The lowest BCUT2D eigenvalue weighted by molar-refractivity contribution is -0.143. The zero-order chi connectivity index (χ0) is 16.2. The van der Waals surface area contributed by atoms with Crippen LogP contribution in [-0.2, 0) is 19.6 Å². The number of nitrogens with zero attached hydrogens (tertiary/aromatic N) is 1. The zero-order valence-corrected chi connectivity index (χ0v) is 13.6. The maximum Gasteiger partial charge on any atom is 0.347 e. The molecule has 0 spiro atoms. The van der Waals surface area contributed by atoms with Gasteiger partial charge in [-0.2, -0.15) is 0 Å². The molecule has 0 unspecified atom stereocenters. The van der Waals surface area contributed by atoms with Crippen molar-refractivity contribution < 1.29 is 27.9 Å². The average molecular weight is 335 g/mol. The molecule has 0 bridgehead atoms. The molecule has 1 heterocycles. The monoisotopic (exact) mass is 335 g/mol. The van der Waals surface area contributed by atoms with E-state index in [1.165, 1.54) is 19.4 Å². The Bertz CT molecular complexity index is 634. The summed E-state index contributed by atoms with van der Waals surface area (Å²) in [6, 6.07) is 0. The Morgan fingerprint density at radius 2 is 2.05 bits per heavy atom. The maximum absolute atomic E-state index is 12.4. The standard InChI is InChI=1S/C12H17NO6S2/c1-4-19-9(14)5-6-13(3)21(17,18)11-8(2)7-20-10(11)12(15)16/h7H,4-6H2,1-3H3,(H,15,16). The van der Waals surface area contributed by atoms with Crippen LogP contribution in [0, 0.1) is 6.92 Å². The van der Waals surface area contributed by atoms with E-state index in [9.17, 15) is 18.0 Å². The highest BCUT2D eigenvalue weighted by Crippen LogP contribution is 2.29. The van der Waals surface area contributed by atoms with Gasteiger partial charge in [-0.25, -0.2) is 17.5 Å². The third-order valence-electron chi connectivity index (χ3n) is 2.72. The number of carbonyl (C=O) groups is 2. The molecule has 0 aromatic carbocycles. The minimum atomic E-state index is -3.96. The van der Waals surface area contributed by atoms with Crippen molar-refractivity contribution in [2.45, 2.75) is 25.2 Å². The minimum Gasteiger partial charge on any atom is -0.477 e. The number of sulfonamides is 1. The number of ether oxygens (including phenoxy) is 1. The summed E-state index contributed by atoms with van der Waals surface area (Å²) in [4.78, 5) is 21.9. The van der Waals surface area contributed by atoms with Gasteiger partial charge in [0.25, 0.3) is 0 Å². The molecule has 118 valence electrons. The number of carboxylic acids is 1. The van der Waals surface area contributed by atoms with Crippen LogP contribution in [0.3, 0.4) is 0 Å². The van der Waals surface area contributed by atoms with E-state index in [0.29, 0.717) is 5.56 Å². The second-order valence-corrected chi connectivity index (χ2v) is 7.13. The van der Waals surface area contributed by atoms with Crippen LogP contribution in [0.15, 0.2) is 10.3 Å². The van der Waals surface area contributed by atoms with Crippen molar-refractivity contribution in [1.82, 2.24) is 4.31 Å². The topological polar surface area (TPSA) is 101 Å².